The maximum absolute atomic E-state index is 14.8. The van der Waals surface area contributed by atoms with Crippen molar-refractivity contribution in [1.82, 2.24) is 0 Å². The minimum atomic E-state index is -2.96. The quantitative estimate of drug-likeness (QED) is 0.391. The maximum atomic E-state index is 14.8. The van der Waals surface area contributed by atoms with Crippen LogP contribution in [0.4, 0.5) is 8.78 Å². The van der Waals surface area contributed by atoms with Gasteiger partial charge >= 0.3 is 6.11 Å². The summed E-state index contributed by atoms with van der Waals surface area (Å²) in [6.07, 6.45) is 7.91. The molecule has 0 amide bonds. The Bertz CT molecular complexity index is 829. The third kappa shape index (κ3) is 5.68. The molecule has 2 aliphatic carbocycles. The molecule has 1 aromatic carbocycles. The molecule has 0 atom stereocenters. The second-order valence-electron chi connectivity index (χ2n) is 9.92. The van der Waals surface area contributed by atoms with Gasteiger partial charge in [0, 0.05) is 9.58 Å². The zero-order valence-electron chi connectivity index (χ0n) is 19.2. The first-order valence-electron chi connectivity index (χ1n) is 12.6. The van der Waals surface area contributed by atoms with Gasteiger partial charge in [-0.05, 0) is 92.7 Å². The topological polar surface area (TPSA) is 9.23 Å². The van der Waals surface area contributed by atoms with Crippen molar-refractivity contribution in [3.63, 3.8) is 0 Å². The third-order valence-corrected chi connectivity index (χ3v) is 8.74. The van der Waals surface area contributed by atoms with E-state index in [1.54, 1.807) is 0 Å². The van der Waals surface area contributed by atoms with E-state index in [1.807, 2.05) is 11.3 Å². The summed E-state index contributed by atoms with van der Waals surface area (Å²) < 4.78 is 36.5. The molecule has 0 radical (unpaired) electrons. The molecule has 1 nitrogen and oxygen atoms in total. The minimum Gasteiger partial charge on any atom is -0.317 e. The monoisotopic (exact) mass is 448 g/mol. The molecule has 0 spiro atoms. The minimum absolute atomic E-state index is 0.291. The number of aryl methyl sites for hydroxylation is 1. The first-order valence-corrected chi connectivity index (χ1v) is 13.4. The molecule has 0 bridgehead atoms. The number of fused-ring (bicyclic) bond motifs is 1. The Morgan fingerprint density at radius 3 is 2.35 bits per heavy atom. The fourth-order valence-electron chi connectivity index (χ4n) is 5.75. The van der Waals surface area contributed by atoms with Crippen molar-refractivity contribution in [3.8, 4) is 0 Å². The second kappa shape index (κ2) is 10.3. The Balaban J connectivity index is 1.30. The molecule has 4 heteroatoms. The molecule has 4 rings (SSSR count). The van der Waals surface area contributed by atoms with Crippen LogP contribution in [0, 0.1) is 11.8 Å². The van der Waals surface area contributed by atoms with Crippen LogP contribution in [0.2, 0.25) is 0 Å². The molecule has 0 saturated heterocycles. The van der Waals surface area contributed by atoms with E-state index < -0.39 is 12.0 Å². The average molecular weight is 449 g/mol. The van der Waals surface area contributed by atoms with Gasteiger partial charge in [-0.3, -0.25) is 0 Å². The van der Waals surface area contributed by atoms with Gasteiger partial charge < -0.3 is 4.74 Å². The van der Waals surface area contributed by atoms with E-state index in [0.717, 1.165) is 51.4 Å². The van der Waals surface area contributed by atoms with Crippen LogP contribution in [0.3, 0.4) is 0 Å². The van der Waals surface area contributed by atoms with Crippen LogP contribution >= 0.6 is 11.3 Å². The van der Waals surface area contributed by atoms with E-state index in [9.17, 15) is 8.78 Å². The van der Waals surface area contributed by atoms with E-state index in [1.165, 1.54) is 33.4 Å². The van der Waals surface area contributed by atoms with E-state index >= 15 is 0 Å². The average Bonchev–Trinajstić information content (AvgIpc) is 3.16. The van der Waals surface area contributed by atoms with E-state index in [4.69, 9.17) is 4.74 Å². The number of ether oxygens (including phenoxy) is 1. The zero-order chi connectivity index (χ0) is 21.8. The molecule has 172 valence electrons. The molecular formula is C27H38F2OS. The number of rotatable bonds is 8. The first-order chi connectivity index (χ1) is 15.0. The van der Waals surface area contributed by atoms with Crippen LogP contribution in [-0.2, 0) is 11.2 Å². The normalized spacial score (nSPS) is 27.6. The Morgan fingerprint density at radius 1 is 0.935 bits per heavy atom. The SMILES string of the molecule is CCCc1cc2ccc(C3CCC(OC(F)(F)C4CCC(CCC)CC4)CC3)cc2s1. The molecule has 31 heavy (non-hydrogen) atoms. The Hall–Kier alpha value is -1.00. The number of hydrogen-bond donors (Lipinski definition) is 0. The van der Waals surface area contributed by atoms with Crippen LogP contribution in [0.25, 0.3) is 10.1 Å². The van der Waals surface area contributed by atoms with Crippen molar-refractivity contribution in [2.24, 2.45) is 11.8 Å². The van der Waals surface area contributed by atoms with Crippen LogP contribution in [0.1, 0.15) is 101 Å². The predicted octanol–water partition coefficient (Wildman–Crippen LogP) is 9.10. The van der Waals surface area contributed by atoms with E-state index in [0.29, 0.717) is 24.7 Å². The summed E-state index contributed by atoms with van der Waals surface area (Å²) in [5, 5.41) is 1.34. The van der Waals surface area contributed by atoms with Crippen LogP contribution in [-0.4, -0.2) is 12.2 Å². The first kappa shape index (κ1) is 23.2. The van der Waals surface area contributed by atoms with E-state index in [-0.39, 0.29) is 6.10 Å². The standard InChI is InChI=1S/C27H38F2OS/c1-3-5-19-7-13-23(14-8-19)27(28,29)30-24-15-11-20(12-16-24)21-9-10-22-17-25(6-4-2)31-26(22)18-21/h9-10,17-20,23-24H,3-8,11-16H2,1-2H3. The molecular weight excluding hydrogens is 410 g/mol. The molecule has 1 aromatic heterocycles. The predicted molar refractivity (Wildman–Crippen MR) is 127 cm³/mol. The van der Waals surface area contributed by atoms with Crippen molar-refractivity contribution in [2.45, 2.75) is 109 Å². The maximum Gasteiger partial charge on any atom is 0.358 e. The number of benzene rings is 1. The highest BCUT2D eigenvalue weighted by molar-refractivity contribution is 7.19. The third-order valence-electron chi connectivity index (χ3n) is 7.58. The molecule has 1 heterocycles. The van der Waals surface area contributed by atoms with Gasteiger partial charge in [-0.1, -0.05) is 45.2 Å². The lowest BCUT2D eigenvalue weighted by atomic mass is 9.79. The van der Waals surface area contributed by atoms with Gasteiger partial charge in [-0.25, -0.2) is 0 Å². The summed E-state index contributed by atoms with van der Waals surface area (Å²) in [4.78, 5) is 1.46. The van der Waals surface area contributed by atoms with Gasteiger partial charge in [0.05, 0.1) is 12.0 Å². The summed E-state index contributed by atoms with van der Waals surface area (Å²) >= 11 is 1.90. The molecule has 2 saturated carbocycles. The number of alkyl halides is 2. The number of hydrogen-bond acceptors (Lipinski definition) is 2. The lowest BCUT2D eigenvalue weighted by Gasteiger charge is -2.37. The fourth-order valence-corrected chi connectivity index (χ4v) is 6.97. The summed E-state index contributed by atoms with van der Waals surface area (Å²) in [7, 11) is 0. The van der Waals surface area contributed by atoms with Gasteiger partial charge in [-0.2, -0.15) is 8.78 Å². The Labute approximate surface area is 190 Å². The summed E-state index contributed by atoms with van der Waals surface area (Å²) in [6, 6.07) is 9.15. The zero-order valence-corrected chi connectivity index (χ0v) is 20.0. The van der Waals surface area contributed by atoms with Crippen molar-refractivity contribution in [2.75, 3.05) is 0 Å². The Morgan fingerprint density at radius 2 is 1.68 bits per heavy atom. The van der Waals surface area contributed by atoms with Crippen LogP contribution in [0.15, 0.2) is 24.3 Å². The van der Waals surface area contributed by atoms with Gasteiger partial charge in [0.2, 0.25) is 0 Å². The molecule has 0 N–H and O–H groups in total. The van der Waals surface area contributed by atoms with Crippen molar-refractivity contribution in [1.29, 1.82) is 0 Å². The second-order valence-corrected chi connectivity index (χ2v) is 11.1. The molecule has 2 fully saturated rings. The van der Waals surface area contributed by atoms with Gasteiger partial charge in [0.1, 0.15) is 0 Å². The lowest BCUT2D eigenvalue weighted by Crippen LogP contribution is -2.38. The highest BCUT2D eigenvalue weighted by atomic mass is 32.1. The van der Waals surface area contributed by atoms with Gasteiger partial charge in [0.25, 0.3) is 0 Å². The summed E-state index contributed by atoms with van der Waals surface area (Å²) in [5.74, 6) is 0.530. The van der Waals surface area contributed by atoms with Crippen LogP contribution in [0.5, 0.6) is 0 Å². The van der Waals surface area contributed by atoms with Crippen molar-refractivity contribution >= 4 is 21.4 Å². The van der Waals surface area contributed by atoms with Gasteiger partial charge in [0.15, 0.2) is 0 Å². The highest BCUT2D eigenvalue weighted by Crippen LogP contribution is 2.44. The van der Waals surface area contributed by atoms with Crippen LogP contribution < -0.4 is 0 Å². The summed E-state index contributed by atoms with van der Waals surface area (Å²) in [6.45, 7) is 4.40. The molecule has 0 unspecified atom stereocenters. The highest BCUT2D eigenvalue weighted by Gasteiger charge is 2.44. The molecule has 2 aromatic rings. The molecule has 2 aliphatic rings. The van der Waals surface area contributed by atoms with Gasteiger partial charge in [-0.15, -0.1) is 11.3 Å². The number of halogens is 2. The van der Waals surface area contributed by atoms with E-state index in [2.05, 4.69) is 38.1 Å². The molecule has 0 aliphatic heterocycles. The largest absolute Gasteiger partial charge is 0.358 e. The smallest absolute Gasteiger partial charge is 0.317 e. The Kier molecular flexibility index (Phi) is 7.69. The van der Waals surface area contributed by atoms with Crippen molar-refractivity contribution < 1.29 is 13.5 Å². The fraction of sp³-hybridized carbons (Fsp3) is 0.704. The summed E-state index contributed by atoms with van der Waals surface area (Å²) in [5.41, 5.74) is 1.37. The number of thiophene rings is 1. The van der Waals surface area contributed by atoms with Crippen molar-refractivity contribution in [3.05, 3.63) is 34.7 Å². The lowest BCUT2D eigenvalue weighted by molar-refractivity contribution is -0.301.